The molecule has 0 amide bonds. The van der Waals surface area contributed by atoms with Crippen LogP contribution in [0.1, 0.15) is 9.75 Å². The first-order chi connectivity index (χ1) is 17.1. The van der Waals surface area contributed by atoms with E-state index in [2.05, 4.69) is 36.4 Å². The third kappa shape index (κ3) is 4.36. The van der Waals surface area contributed by atoms with Crippen molar-refractivity contribution < 1.29 is 0 Å². The van der Waals surface area contributed by atoms with Crippen molar-refractivity contribution in [2.24, 2.45) is 0 Å². The van der Waals surface area contributed by atoms with E-state index >= 15 is 0 Å². The lowest BCUT2D eigenvalue weighted by Crippen LogP contribution is -1.73. The number of benzene rings is 2. The molecule has 0 unspecified atom stereocenters. The molecule has 35 heavy (non-hydrogen) atoms. The largest absolute Gasteiger partial charge is 0.192 e. The Morgan fingerprint density at radius 2 is 0.971 bits per heavy atom. The molecule has 0 atom stereocenters. The predicted octanol–water partition coefficient (Wildman–Crippen LogP) is 8.37. The van der Waals surface area contributed by atoms with E-state index < -0.39 is 0 Å². The van der Waals surface area contributed by atoms with Crippen LogP contribution in [0.2, 0.25) is 0 Å². The molecule has 162 valence electrons. The summed E-state index contributed by atoms with van der Waals surface area (Å²) in [6, 6.07) is 28.4. The van der Waals surface area contributed by atoms with Crippen LogP contribution in [0.25, 0.3) is 53.2 Å². The summed E-state index contributed by atoms with van der Waals surface area (Å²) in [6.07, 6.45) is 3.22. The van der Waals surface area contributed by atoms with Gasteiger partial charge in [-0.1, -0.05) is 24.3 Å². The lowest BCUT2D eigenvalue weighted by atomic mass is 10.1. The van der Waals surface area contributed by atoms with Crippen molar-refractivity contribution in [1.29, 1.82) is 21.0 Å². The molecule has 0 bridgehead atoms. The number of nitriles is 4. The highest BCUT2D eigenvalue weighted by atomic mass is 32.1. The summed E-state index contributed by atoms with van der Waals surface area (Å²) >= 11 is 4.85. The Kier molecular flexibility index (Phi) is 5.99. The highest BCUT2D eigenvalue weighted by Gasteiger charge is 2.11. The summed E-state index contributed by atoms with van der Waals surface area (Å²) in [5.41, 5.74) is 2.40. The van der Waals surface area contributed by atoms with Gasteiger partial charge < -0.3 is 0 Å². The van der Waals surface area contributed by atoms with Gasteiger partial charge in [-0.05, 0) is 59.7 Å². The zero-order valence-corrected chi connectivity index (χ0v) is 20.4. The van der Waals surface area contributed by atoms with Crippen LogP contribution in [0, 0.1) is 45.3 Å². The topological polar surface area (TPSA) is 95.2 Å². The minimum absolute atomic E-state index is 0.0959. The first-order valence-electron chi connectivity index (χ1n) is 10.3. The maximum absolute atomic E-state index is 8.99. The number of nitrogens with zero attached hydrogens (tertiary/aromatic N) is 4. The Morgan fingerprint density at radius 3 is 1.37 bits per heavy atom. The second-order valence-corrected chi connectivity index (χ2v) is 10.8. The average Bonchev–Trinajstić information content (AvgIpc) is 3.63. The summed E-state index contributed by atoms with van der Waals surface area (Å²) in [7, 11) is 0. The van der Waals surface area contributed by atoms with Gasteiger partial charge in [-0.25, -0.2) is 0 Å². The standard InChI is InChI=1S/C28H12N4S3/c29-13-17(14-30)9-21-3-7-25(33-21)19-1-5-23-24-6-2-20(12-28(24)35-27(23)11-19)26-8-4-22(34-26)10-18(15-31)16-32/h1-12H. The predicted molar refractivity (Wildman–Crippen MR) is 144 cm³/mol. The van der Waals surface area contributed by atoms with Gasteiger partial charge in [0, 0.05) is 39.7 Å². The summed E-state index contributed by atoms with van der Waals surface area (Å²) in [4.78, 5) is 3.92. The van der Waals surface area contributed by atoms with Crippen molar-refractivity contribution in [2.45, 2.75) is 0 Å². The SMILES string of the molecule is N#CC(C#N)=Cc1ccc(-c2ccc3c(c2)sc2cc(-c4ccc(C=C(C#N)C#N)s4)ccc23)s1. The Morgan fingerprint density at radius 1 is 0.543 bits per heavy atom. The van der Waals surface area contributed by atoms with E-state index in [-0.39, 0.29) is 11.1 Å². The molecule has 5 rings (SSSR count). The highest BCUT2D eigenvalue weighted by Crippen LogP contribution is 2.40. The van der Waals surface area contributed by atoms with Gasteiger partial charge >= 0.3 is 0 Å². The second-order valence-electron chi connectivity index (χ2n) is 7.49. The summed E-state index contributed by atoms with van der Waals surface area (Å²) in [5, 5.41) is 38.4. The molecule has 3 aromatic heterocycles. The summed E-state index contributed by atoms with van der Waals surface area (Å²) < 4.78 is 2.38. The number of rotatable bonds is 4. The molecule has 0 spiro atoms. The lowest BCUT2D eigenvalue weighted by molar-refractivity contribution is 1.47. The first-order valence-corrected chi connectivity index (χ1v) is 12.8. The quantitative estimate of drug-likeness (QED) is 0.232. The Balaban J connectivity index is 1.50. The molecule has 0 fully saturated rings. The van der Waals surface area contributed by atoms with Crippen molar-refractivity contribution in [1.82, 2.24) is 0 Å². The normalized spacial score (nSPS) is 10.2. The van der Waals surface area contributed by atoms with E-state index in [4.69, 9.17) is 21.0 Å². The maximum Gasteiger partial charge on any atom is 0.131 e. The number of fused-ring (bicyclic) bond motifs is 3. The van der Waals surface area contributed by atoms with Gasteiger partial charge in [-0.2, -0.15) is 21.0 Å². The highest BCUT2D eigenvalue weighted by molar-refractivity contribution is 7.26. The van der Waals surface area contributed by atoms with Crippen molar-refractivity contribution in [3.05, 3.63) is 81.6 Å². The fourth-order valence-electron chi connectivity index (χ4n) is 3.72. The van der Waals surface area contributed by atoms with Crippen LogP contribution < -0.4 is 0 Å². The second kappa shape index (κ2) is 9.40. The van der Waals surface area contributed by atoms with Gasteiger partial charge in [0.2, 0.25) is 0 Å². The number of thiophene rings is 3. The Labute approximate surface area is 213 Å². The van der Waals surface area contributed by atoms with Gasteiger partial charge in [0.1, 0.15) is 35.4 Å². The molecule has 0 aliphatic rings. The van der Waals surface area contributed by atoms with Crippen LogP contribution in [0.5, 0.6) is 0 Å². The number of hydrogen-bond donors (Lipinski definition) is 0. The third-order valence-corrected chi connectivity index (χ3v) is 8.63. The van der Waals surface area contributed by atoms with Gasteiger partial charge in [0.15, 0.2) is 0 Å². The van der Waals surface area contributed by atoms with Gasteiger partial charge in [0.05, 0.1) is 0 Å². The molecular weight excluding hydrogens is 489 g/mol. The molecule has 0 N–H and O–H groups in total. The van der Waals surface area contributed by atoms with Crippen LogP contribution in [-0.4, -0.2) is 0 Å². The van der Waals surface area contributed by atoms with Crippen LogP contribution in [0.4, 0.5) is 0 Å². The van der Waals surface area contributed by atoms with E-state index in [0.717, 1.165) is 30.6 Å². The lowest BCUT2D eigenvalue weighted by Gasteiger charge is -1.99. The van der Waals surface area contributed by atoms with Crippen molar-refractivity contribution in [3.63, 3.8) is 0 Å². The first kappa shape index (κ1) is 22.3. The molecule has 0 radical (unpaired) electrons. The van der Waals surface area contributed by atoms with Crippen LogP contribution in [0.3, 0.4) is 0 Å². The van der Waals surface area contributed by atoms with Crippen LogP contribution in [-0.2, 0) is 0 Å². The van der Waals surface area contributed by atoms with E-state index in [1.54, 1.807) is 46.2 Å². The molecular formula is C28H12N4S3. The summed E-state index contributed by atoms with van der Waals surface area (Å²) in [6.45, 7) is 0. The molecule has 7 heteroatoms. The number of hydrogen-bond acceptors (Lipinski definition) is 7. The van der Waals surface area contributed by atoms with Crippen LogP contribution >= 0.6 is 34.0 Å². The monoisotopic (exact) mass is 500 g/mol. The molecule has 0 aliphatic heterocycles. The molecule has 0 aliphatic carbocycles. The van der Waals surface area contributed by atoms with E-state index in [0.29, 0.717) is 0 Å². The molecule has 3 heterocycles. The molecule has 5 aromatic rings. The van der Waals surface area contributed by atoms with E-state index in [1.807, 2.05) is 48.5 Å². The van der Waals surface area contributed by atoms with Crippen molar-refractivity contribution in [2.75, 3.05) is 0 Å². The Hall–Kier alpha value is -4.50. The fraction of sp³-hybridized carbons (Fsp3) is 0. The van der Waals surface area contributed by atoms with Gasteiger partial charge in [-0.15, -0.1) is 34.0 Å². The average molecular weight is 501 g/mol. The third-order valence-electron chi connectivity index (χ3n) is 5.35. The van der Waals surface area contributed by atoms with Gasteiger partial charge in [-0.3, -0.25) is 0 Å². The van der Waals surface area contributed by atoms with E-state index in [1.165, 1.54) is 20.2 Å². The fourth-order valence-corrected chi connectivity index (χ4v) is 6.80. The van der Waals surface area contributed by atoms with Crippen LogP contribution in [0.15, 0.2) is 71.8 Å². The minimum Gasteiger partial charge on any atom is -0.192 e. The zero-order valence-electron chi connectivity index (χ0n) is 17.9. The number of allylic oxidation sites excluding steroid dienone is 2. The van der Waals surface area contributed by atoms with Crippen molar-refractivity contribution in [3.8, 4) is 45.2 Å². The van der Waals surface area contributed by atoms with E-state index in [9.17, 15) is 0 Å². The smallest absolute Gasteiger partial charge is 0.131 e. The van der Waals surface area contributed by atoms with Gasteiger partial charge in [0.25, 0.3) is 0 Å². The molecule has 4 nitrogen and oxygen atoms in total. The Bertz CT molecular complexity index is 1680. The summed E-state index contributed by atoms with van der Waals surface area (Å²) in [5.74, 6) is 0. The molecule has 2 aromatic carbocycles. The molecule has 0 saturated heterocycles. The van der Waals surface area contributed by atoms with Crippen molar-refractivity contribution >= 4 is 66.3 Å². The zero-order chi connectivity index (χ0) is 24.4. The molecule has 0 saturated carbocycles. The minimum atomic E-state index is 0.0959. The maximum atomic E-state index is 8.99.